The van der Waals surface area contributed by atoms with Crippen LogP contribution in [0.3, 0.4) is 0 Å². The molecule has 7 heteroatoms. The predicted molar refractivity (Wildman–Crippen MR) is 120 cm³/mol. The Hall–Kier alpha value is -4.13. The van der Waals surface area contributed by atoms with Gasteiger partial charge in [-0.2, -0.15) is 0 Å². The van der Waals surface area contributed by atoms with Crippen LogP contribution in [0.25, 0.3) is 11.1 Å². The van der Waals surface area contributed by atoms with Crippen molar-refractivity contribution in [3.63, 3.8) is 0 Å². The Morgan fingerprint density at radius 1 is 0.938 bits per heavy atom. The number of aromatic carboxylic acids is 1. The number of carboxylic acid groups (broad SMARTS) is 1. The minimum atomic E-state index is -1.17. The molecule has 0 radical (unpaired) electrons. The number of amides is 1. The Morgan fingerprint density at radius 2 is 1.50 bits per heavy atom. The van der Waals surface area contributed by atoms with Crippen LogP contribution in [0.15, 0.2) is 60.7 Å². The van der Waals surface area contributed by atoms with Gasteiger partial charge < -0.3 is 20.9 Å². The first kappa shape index (κ1) is 21.1. The molecule has 32 heavy (non-hydrogen) atoms. The van der Waals surface area contributed by atoms with Crippen molar-refractivity contribution in [2.24, 2.45) is 0 Å². The van der Waals surface area contributed by atoms with Crippen molar-refractivity contribution in [1.29, 1.82) is 0 Å². The topological polar surface area (TPSA) is 119 Å². The van der Waals surface area contributed by atoms with E-state index in [0.29, 0.717) is 5.56 Å². The number of ketones is 1. The fourth-order valence-electron chi connectivity index (χ4n) is 4.11. The molecule has 1 aliphatic carbocycles. The zero-order valence-electron chi connectivity index (χ0n) is 17.4. The van der Waals surface area contributed by atoms with Gasteiger partial charge in [-0.25, -0.2) is 9.59 Å². The first-order valence-corrected chi connectivity index (χ1v) is 10.1. The highest BCUT2D eigenvalue weighted by Crippen LogP contribution is 2.44. The summed E-state index contributed by atoms with van der Waals surface area (Å²) >= 11 is 0. The highest BCUT2D eigenvalue weighted by Gasteiger charge is 2.29. The maximum atomic E-state index is 12.5. The van der Waals surface area contributed by atoms with Gasteiger partial charge in [-0.3, -0.25) is 4.79 Å². The van der Waals surface area contributed by atoms with Crippen LogP contribution in [0.2, 0.25) is 0 Å². The fraction of sp³-hybridized carbons (Fsp3) is 0.160. The van der Waals surface area contributed by atoms with E-state index >= 15 is 0 Å². The zero-order valence-corrected chi connectivity index (χ0v) is 17.4. The number of fused-ring (bicyclic) bond motifs is 3. The highest BCUT2D eigenvalue weighted by atomic mass is 16.5. The fourth-order valence-corrected chi connectivity index (χ4v) is 4.11. The van der Waals surface area contributed by atoms with Gasteiger partial charge >= 0.3 is 12.1 Å². The number of nitrogens with two attached hydrogens (primary N) is 1. The van der Waals surface area contributed by atoms with E-state index in [-0.39, 0.29) is 41.7 Å². The number of benzene rings is 3. The second kappa shape index (κ2) is 8.55. The van der Waals surface area contributed by atoms with E-state index < -0.39 is 12.1 Å². The van der Waals surface area contributed by atoms with E-state index in [0.717, 1.165) is 22.3 Å². The van der Waals surface area contributed by atoms with Crippen LogP contribution in [0.4, 0.5) is 10.5 Å². The Morgan fingerprint density at radius 3 is 2.09 bits per heavy atom. The molecule has 3 aromatic rings. The zero-order chi connectivity index (χ0) is 22.8. The number of hydrogen-bond acceptors (Lipinski definition) is 5. The molecule has 0 heterocycles. The SMILES string of the molecule is Cc1c(C(=O)CNC(=O)OCC2c3ccccc3-c3ccccc32)ccc(C(=O)O)c1N. The maximum absolute atomic E-state index is 12.5. The molecule has 0 atom stereocenters. The predicted octanol–water partition coefficient (Wildman–Crippen LogP) is 4.00. The molecular formula is C25H22N2O5. The molecule has 1 amide bonds. The van der Waals surface area contributed by atoms with Gasteiger partial charge in [0.2, 0.25) is 0 Å². The average molecular weight is 430 g/mol. The Kier molecular flexibility index (Phi) is 5.64. The summed E-state index contributed by atoms with van der Waals surface area (Å²) in [4.78, 5) is 36.0. The summed E-state index contributed by atoms with van der Waals surface area (Å²) < 4.78 is 5.43. The summed E-state index contributed by atoms with van der Waals surface area (Å²) in [5.41, 5.74) is 10.9. The minimum Gasteiger partial charge on any atom is -0.478 e. The lowest BCUT2D eigenvalue weighted by atomic mass is 9.98. The number of ether oxygens (including phenoxy) is 1. The van der Waals surface area contributed by atoms with Crippen LogP contribution in [-0.4, -0.2) is 36.1 Å². The van der Waals surface area contributed by atoms with Gasteiger partial charge in [-0.15, -0.1) is 0 Å². The van der Waals surface area contributed by atoms with Crippen LogP contribution in [0.5, 0.6) is 0 Å². The molecule has 0 bridgehead atoms. The number of hydrogen-bond donors (Lipinski definition) is 3. The molecule has 3 aromatic carbocycles. The van der Waals surface area contributed by atoms with Gasteiger partial charge in [-0.05, 0) is 40.8 Å². The number of rotatable bonds is 6. The van der Waals surface area contributed by atoms with E-state index in [2.05, 4.69) is 17.4 Å². The average Bonchev–Trinajstić information content (AvgIpc) is 3.11. The third-order valence-electron chi connectivity index (χ3n) is 5.78. The quantitative estimate of drug-likeness (QED) is 0.402. The van der Waals surface area contributed by atoms with Crippen molar-refractivity contribution in [1.82, 2.24) is 5.32 Å². The third kappa shape index (κ3) is 3.80. The van der Waals surface area contributed by atoms with E-state index in [1.165, 1.54) is 12.1 Å². The molecule has 4 N–H and O–H groups in total. The largest absolute Gasteiger partial charge is 0.478 e. The molecule has 0 unspecified atom stereocenters. The second-order valence-corrected chi connectivity index (χ2v) is 7.61. The van der Waals surface area contributed by atoms with Crippen molar-refractivity contribution < 1.29 is 24.2 Å². The standard InChI is InChI=1S/C25H22N2O5/c1-14-15(10-11-20(23(14)26)24(29)30)22(28)12-27-25(31)32-13-21-18-8-4-2-6-16(18)17-7-3-5-9-19(17)21/h2-11,21H,12-13,26H2,1H3,(H,27,31)(H,29,30). The van der Waals surface area contributed by atoms with E-state index in [4.69, 9.17) is 15.6 Å². The summed E-state index contributed by atoms with van der Waals surface area (Å²) in [5, 5.41) is 11.6. The summed E-state index contributed by atoms with van der Waals surface area (Å²) in [5.74, 6) is -1.63. The smallest absolute Gasteiger partial charge is 0.407 e. The van der Waals surface area contributed by atoms with Crippen molar-refractivity contribution in [2.45, 2.75) is 12.8 Å². The molecule has 4 rings (SSSR count). The van der Waals surface area contributed by atoms with Crippen LogP contribution in [0.1, 0.15) is 43.3 Å². The van der Waals surface area contributed by atoms with Gasteiger partial charge in [0.05, 0.1) is 12.1 Å². The molecule has 162 valence electrons. The highest BCUT2D eigenvalue weighted by molar-refractivity contribution is 6.04. The summed E-state index contributed by atoms with van der Waals surface area (Å²) in [7, 11) is 0. The Balaban J connectivity index is 1.39. The third-order valence-corrected chi connectivity index (χ3v) is 5.78. The summed E-state index contributed by atoms with van der Waals surface area (Å²) in [6, 6.07) is 18.7. The van der Waals surface area contributed by atoms with Crippen molar-refractivity contribution in [3.05, 3.63) is 88.5 Å². The monoisotopic (exact) mass is 430 g/mol. The van der Waals surface area contributed by atoms with Crippen LogP contribution >= 0.6 is 0 Å². The van der Waals surface area contributed by atoms with Crippen LogP contribution in [0, 0.1) is 6.92 Å². The van der Waals surface area contributed by atoms with E-state index in [1.807, 2.05) is 36.4 Å². The van der Waals surface area contributed by atoms with E-state index in [1.54, 1.807) is 6.92 Å². The number of alkyl carbamates (subject to hydrolysis) is 1. The minimum absolute atomic E-state index is 0.0319. The van der Waals surface area contributed by atoms with Gasteiger partial charge in [0, 0.05) is 17.2 Å². The molecule has 0 fully saturated rings. The first-order valence-electron chi connectivity index (χ1n) is 10.1. The summed E-state index contributed by atoms with van der Waals surface area (Å²) in [6.07, 6.45) is -0.701. The molecule has 0 saturated heterocycles. The number of carbonyl (C=O) groups is 3. The number of nitrogen functional groups attached to an aromatic ring is 1. The number of Topliss-reactive ketones (excluding diaryl/α,β-unsaturated/α-hetero) is 1. The number of nitrogens with one attached hydrogen (secondary N) is 1. The van der Waals surface area contributed by atoms with Crippen LogP contribution in [-0.2, 0) is 4.74 Å². The molecule has 0 aliphatic heterocycles. The van der Waals surface area contributed by atoms with Crippen molar-refractivity contribution >= 4 is 23.5 Å². The first-order chi connectivity index (χ1) is 15.4. The second-order valence-electron chi connectivity index (χ2n) is 7.61. The molecule has 0 spiro atoms. The van der Waals surface area contributed by atoms with Gasteiger partial charge in [0.25, 0.3) is 0 Å². The Labute approximate surface area is 184 Å². The molecule has 1 aliphatic rings. The van der Waals surface area contributed by atoms with Crippen molar-refractivity contribution in [2.75, 3.05) is 18.9 Å². The maximum Gasteiger partial charge on any atom is 0.407 e. The van der Waals surface area contributed by atoms with Gasteiger partial charge in [0.15, 0.2) is 5.78 Å². The van der Waals surface area contributed by atoms with Gasteiger partial charge in [-0.1, -0.05) is 54.6 Å². The summed E-state index contributed by atoms with van der Waals surface area (Å²) in [6.45, 7) is 1.43. The lowest BCUT2D eigenvalue weighted by Crippen LogP contribution is -2.31. The molecular weight excluding hydrogens is 408 g/mol. The normalized spacial score (nSPS) is 12.0. The number of anilines is 1. The molecule has 7 nitrogen and oxygen atoms in total. The lowest BCUT2D eigenvalue weighted by molar-refractivity contribution is 0.0697. The van der Waals surface area contributed by atoms with Crippen LogP contribution < -0.4 is 11.1 Å². The Bertz CT molecular complexity index is 1190. The molecule has 0 saturated carbocycles. The lowest BCUT2D eigenvalue weighted by Gasteiger charge is -2.15. The van der Waals surface area contributed by atoms with Crippen molar-refractivity contribution in [3.8, 4) is 11.1 Å². The molecule has 0 aromatic heterocycles. The number of carboxylic acids is 1. The van der Waals surface area contributed by atoms with E-state index in [9.17, 15) is 14.4 Å². The number of carbonyl (C=O) groups excluding carboxylic acids is 2. The van der Waals surface area contributed by atoms with Gasteiger partial charge in [0.1, 0.15) is 6.61 Å².